The average molecular weight is 485 g/mol. The number of para-hydroxylation sites is 2. The van der Waals surface area contributed by atoms with Crippen LogP contribution in [0.3, 0.4) is 0 Å². The molecule has 178 valence electrons. The maximum absolute atomic E-state index is 13.7. The average Bonchev–Trinajstić information content (AvgIpc) is 3.18. The van der Waals surface area contributed by atoms with Crippen molar-refractivity contribution in [3.8, 4) is 5.75 Å². The Labute approximate surface area is 206 Å². The van der Waals surface area contributed by atoms with Crippen LogP contribution >= 0.6 is 7.28 Å². The number of hydrogen-bond acceptors (Lipinski definition) is 2. The smallest absolute Gasteiger partial charge is 0.173 e. The zero-order valence-corrected chi connectivity index (χ0v) is 21.5. The Morgan fingerprint density at radius 3 is 2.14 bits per heavy atom. The molecule has 0 amide bonds. The Hall–Kier alpha value is -3.36. The lowest BCUT2D eigenvalue weighted by Gasteiger charge is -2.37. The van der Waals surface area contributed by atoms with Crippen molar-refractivity contribution < 1.29 is 8.91 Å². The molecule has 0 aliphatic rings. The number of fused-ring (bicyclic) bond motifs is 3. The van der Waals surface area contributed by atoms with Crippen LogP contribution in [0, 0.1) is 5.82 Å². The monoisotopic (exact) mass is 484 g/mol. The molecule has 5 aromatic rings. The normalized spacial score (nSPS) is 13.6. The minimum absolute atomic E-state index is 0.276. The van der Waals surface area contributed by atoms with Gasteiger partial charge in [0.2, 0.25) is 0 Å². The van der Waals surface area contributed by atoms with Crippen LogP contribution in [0.15, 0.2) is 102 Å². The van der Waals surface area contributed by atoms with Crippen molar-refractivity contribution in [3.63, 3.8) is 0 Å². The van der Waals surface area contributed by atoms with Gasteiger partial charge in [-0.3, -0.25) is 0 Å². The Bertz CT molecular complexity index is 1550. The molecule has 1 heterocycles. The second kappa shape index (κ2) is 9.02. The number of hydrogen-bond donors (Lipinski definition) is 0. The van der Waals surface area contributed by atoms with Gasteiger partial charge in [0.05, 0.1) is 5.69 Å². The van der Waals surface area contributed by atoms with Gasteiger partial charge in [-0.05, 0) is 67.6 Å². The van der Waals surface area contributed by atoms with Gasteiger partial charge in [-0.1, -0.05) is 57.2 Å². The van der Waals surface area contributed by atoms with Crippen LogP contribution in [0.1, 0.15) is 27.7 Å². The SMILES string of the molecule is CCn1c2ccccc2c2cc([P@](=Nc3ccc(F)cc3)(Oc3ccccc3)C(C)(C)C)ccc21. The largest absolute Gasteiger partial charge is 0.455 e. The van der Waals surface area contributed by atoms with Crippen molar-refractivity contribution in [2.75, 3.05) is 0 Å². The molecule has 0 aliphatic carbocycles. The van der Waals surface area contributed by atoms with Gasteiger partial charge in [0.15, 0.2) is 7.28 Å². The highest BCUT2D eigenvalue weighted by molar-refractivity contribution is 7.71. The fraction of sp³-hybridized carbons (Fsp3) is 0.200. The van der Waals surface area contributed by atoms with E-state index in [0.29, 0.717) is 5.69 Å². The van der Waals surface area contributed by atoms with Gasteiger partial charge in [0, 0.05) is 38.8 Å². The van der Waals surface area contributed by atoms with E-state index in [4.69, 9.17) is 9.27 Å². The molecule has 0 spiro atoms. The van der Waals surface area contributed by atoms with E-state index in [1.165, 1.54) is 33.9 Å². The van der Waals surface area contributed by atoms with Crippen LogP contribution in [0.4, 0.5) is 10.1 Å². The maximum atomic E-state index is 13.7. The molecule has 1 atom stereocenters. The molecule has 0 saturated carbocycles. The van der Waals surface area contributed by atoms with E-state index in [-0.39, 0.29) is 11.0 Å². The standard InChI is InChI=1S/C30H30FN2OP/c1-5-33-28-14-10-9-13-26(28)27-21-25(19-20-29(27)33)35(30(2,3)4,34-24-11-7-6-8-12-24)32-23-17-15-22(31)16-18-23/h6-21H,5H2,1-4H3/t35-/m0/s1. The molecule has 0 fully saturated rings. The first kappa shape index (κ1) is 23.4. The van der Waals surface area contributed by atoms with Crippen LogP contribution in [0.5, 0.6) is 5.75 Å². The minimum Gasteiger partial charge on any atom is -0.455 e. The summed E-state index contributed by atoms with van der Waals surface area (Å²) in [5.41, 5.74) is 3.13. The molecule has 0 unspecified atom stereocenters. The summed E-state index contributed by atoms with van der Waals surface area (Å²) in [7, 11) is -2.68. The van der Waals surface area contributed by atoms with Crippen LogP contribution in [-0.4, -0.2) is 9.72 Å². The fourth-order valence-corrected chi connectivity index (χ4v) is 7.76. The maximum Gasteiger partial charge on any atom is 0.173 e. The topological polar surface area (TPSA) is 26.5 Å². The highest BCUT2D eigenvalue weighted by atomic mass is 31.2. The number of aryl methyl sites for hydroxylation is 1. The van der Waals surface area contributed by atoms with Crippen molar-refractivity contribution in [1.29, 1.82) is 0 Å². The zero-order valence-electron chi connectivity index (χ0n) is 20.6. The van der Waals surface area contributed by atoms with Gasteiger partial charge in [-0.2, -0.15) is 0 Å². The van der Waals surface area contributed by atoms with Gasteiger partial charge in [0.25, 0.3) is 0 Å². The van der Waals surface area contributed by atoms with Gasteiger partial charge in [0.1, 0.15) is 11.6 Å². The molecule has 0 bridgehead atoms. The van der Waals surface area contributed by atoms with Gasteiger partial charge >= 0.3 is 0 Å². The molecule has 0 saturated heterocycles. The first-order chi connectivity index (χ1) is 16.8. The Morgan fingerprint density at radius 2 is 1.46 bits per heavy atom. The third kappa shape index (κ3) is 4.17. The van der Waals surface area contributed by atoms with E-state index >= 15 is 0 Å². The summed E-state index contributed by atoms with van der Waals surface area (Å²) in [4.78, 5) is 0. The van der Waals surface area contributed by atoms with Crippen molar-refractivity contribution in [1.82, 2.24) is 4.57 Å². The second-order valence-corrected chi connectivity index (χ2v) is 13.1. The quantitative estimate of drug-likeness (QED) is 0.229. The Balaban J connectivity index is 1.84. The lowest BCUT2D eigenvalue weighted by atomic mass is 10.1. The highest BCUT2D eigenvalue weighted by Gasteiger charge is 2.39. The molecule has 0 aliphatic heterocycles. The number of aromatic nitrogens is 1. The molecule has 35 heavy (non-hydrogen) atoms. The fourth-order valence-electron chi connectivity index (χ4n) is 4.68. The lowest BCUT2D eigenvalue weighted by Crippen LogP contribution is -2.27. The molecular formula is C30H30FN2OP. The zero-order chi connectivity index (χ0) is 24.6. The summed E-state index contributed by atoms with van der Waals surface area (Å²) in [5, 5.41) is 3.15. The van der Waals surface area contributed by atoms with Gasteiger partial charge in [-0.25, -0.2) is 9.14 Å². The molecule has 5 rings (SSSR count). The van der Waals surface area contributed by atoms with Crippen molar-refractivity contribution in [3.05, 3.63) is 103 Å². The Morgan fingerprint density at radius 1 is 0.800 bits per heavy atom. The predicted molar refractivity (Wildman–Crippen MR) is 147 cm³/mol. The van der Waals surface area contributed by atoms with E-state index in [1.807, 2.05) is 30.3 Å². The summed E-state index contributed by atoms with van der Waals surface area (Å²) in [6.07, 6.45) is 0. The number of rotatable bonds is 5. The van der Waals surface area contributed by atoms with Crippen LogP contribution in [-0.2, 0) is 6.54 Å². The number of nitrogens with zero attached hydrogens (tertiary/aromatic N) is 2. The summed E-state index contributed by atoms with van der Waals surface area (Å²) in [5.74, 6) is 0.499. The van der Waals surface area contributed by atoms with E-state index in [2.05, 4.69) is 74.7 Å². The van der Waals surface area contributed by atoms with Crippen molar-refractivity contribution >= 4 is 40.1 Å². The summed E-state index contributed by atoms with van der Waals surface area (Å²) in [6.45, 7) is 9.60. The molecule has 4 aromatic carbocycles. The van der Waals surface area contributed by atoms with Crippen LogP contribution < -0.4 is 9.83 Å². The van der Waals surface area contributed by atoms with E-state index in [1.54, 1.807) is 12.1 Å². The van der Waals surface area contributed by atoms with E-state index in [9.17, 15) is 4.39 Å². The summed E-state index contributed by atoms with van der Waals surface area (Å²) in [6, 6.07) is 31.4. The molecule has 0 N–H and O–H groups in total. The van der Waals surface area contributed by atoms with Crippen molar-refractivity contribution in [2.45, 2.75) is 39.4 Å². The second-order valence-electron chi connectivity index (χ2n) is 9.69. The third-order valence-electron chi connectivity index (χ3n) is 6.40. The molecule has 0 radical (unpaired) electrons. The molecular weight excluding hydrogens is 454 g/mol. The lowest BCUT2D eigenvalue weighted by molar-refractivity contribution is 0.571. The molecule has 1 aromatic heterocycles. The van der Waals surface area contributed by atoms with Crippen LogP contribution in [0.2, 0.25) is 0 Å². The highest BCUT2D eigenvalue weighted by Crippen LogP contribution is 2.62. The number of halogens is 1. The summed E-state index contributed by atoms with van der Waals surface area (Å²) < 4.78 is 28.3. The first-order valence-electron chi connectivity index (χ1n) is 12.0. The Kier molecular flexibility index (Phi) is 6.02. The molecule has 5 heteroatoms. The summed E-state index contributed by atoms with van der Waals surface area (Å²) >= 11 is 0. The van der Waals surface area contributed by atoms with E-state index < -0.39 is 7.28 Å². The first-order valence-corrected chi connectivity index (χ1v) is 13.6. The van der Waals surface area contributed by atoms with Gasteiger partial charge in [-0.15, -0.1) is 0 Å². The van der Waals surface area contributed by atoms with Crippen LogP contribution in [0.25, 0.3) is 21.8 Å². The molecule has 3 nitrogen and oxygen atoms in total. The number of benzene rings is 4. The third-order valence-corrected chi connectivity index (χ3v) is 10.2. The van der Waals surface area contributed by atoms with Gasteiger partial charge < -0.3 is 9.09 Å². The van der Waals surface area contributed by atoms with E-state index in [0.717, 1.165) is 17.6 Å². The van der Waals surface area contributed by atoms with Crippen molar-refractivity contribution in [2.24, 2.45) is 4.74 Å². The minimum atomic E-state index is -2.68. The predicted octanol–water partition coefficient (Wildman–Crippen LogP) is 8.90.